The van der Waals surface area contributed by atoms with Crippen molar-refractivity contribution >= 4 is 17.6 Å². The summed E-state index contributed by atoms with van der Waals surface area (Å²) in [4.78, 5) is 10.7. The second-order valence-electron chi connectivity index (χ2n) is 4.04. The van der Waals surface area contributed by atoms with Crippen LogP contribution in [0.4, 0.5) is 0 Å². The van der Waals surface area contributed by atoms with Gasteiger partial charge in [-0.05, 0) is 36.4 Å². The quantitative estimate of drug-likeness (QED) is 0.934. The highest BCUT2D eigenvalue weighted by Crippen LogP contribution is 2.20. The molecule has 0 spiro atoms. The Morgan fingerprint density at radius 2 is 1.95 bits per heavy atom. The molecule has 0 aliphatic rings. The van der Waals surface area contributed by atoms with Gasteiger partial charge in [0.1, 0.15) is 12.4 Å². The molecule has 1 N–H and O–H groups in total. The van der Waals surface area contributed by atoms with Crippen LogP contribution in [0.1, 0.15) is 21.5 Å². The van der Waals surface area contributed by atoms with Crippen molar-refractivity contribution in [2.45, 2.75) is 6.61 Å². The summed E-state index contributed by atoms with van der Waals surface area (Å²) in [5.74, 6) is -0.429. The summed E-state index contributed by atoms with van der Waals surface area (Å²) in [7, 11) is 0. The summed E-state index contributed by atoms with van der Waals surface area (Å²) in [5, 5.41) is 18.0. The number of nitrogens with zero attached hydrogens (tertiary/aromatic N) is 1. The molecule has 0 aliphatic heterocycles. The summed E-state index contributed by atoms with van der Waals surface area (Å²) in [6.45, 7) is 0.247. The highest BCUT2D eigenvalue weighted by molar-refractivity contribution is 6.31. The molecule has 0 saturated heterocycles. The fraction of sp³-hybridized carbons (Fsp3) is 0.0667. The van der Waals surface area contributed by atoms with E-state index >= 15 is 0 Å². The van der Waals surface area contributed by atoms with Crippen molar-refractivity contribution in [1.82, 2.24) is 0 Å². The number of nitriles is 1. The zero-order valence-electron chi connectivity index (χ0n) is 10.3. The molecular weight excluding hydrogens is 278 g/mol. The summed E-state index contributed by atoms with van der Waals surface area (Å²) in [6, 6.07) is 13.1. The molecule has 2 aromatic carbocycles. The van der Waals surface area contributed by atoms with E-state index in [4.69, 9.17) is 26.7 Å². The number of aromatic carboxylic acids is 1. The van der Waals surface area contributed by atoms with Crippen molar-refractivity contribution in [1.29, 1.82) is 5.26 Å². The van der Waals surface area contributed by atoms with Gasteiger partial charge < -0.3 is 9.84 Å². The van der Waals surface area contributed by atoms with Crippen LogP contribution in [-0.4, -0.2) is 11.1 Å². The summed E-state index contributed by atoms with van der Waals surface area (Å²) in [6.07, 6.45) is 0. The molecule has 0 saturated carbocycles. The molecular formula is C15H10ClNO3. The average molecular weight is 288 g/mol. The largest absolute Gasteiger partial charge is 0.489 e. The van der Waals surface area contributed by atoms with Gasteiger partial charge in [0.25, 0.3) is 0 Å². The smallest absolute Gasteiger partial charge is 0.335 e. The number of halogens is 1. The lowest BCUT2D eigenvalue weighted by molar-refractivity contribution is 0.0697. The number of benzene rings is 2. The van der Waals surface area contributed by atoms with Gasteiger partial charge in [-0.15, -0.1) is 0 Å². The van der Waals surface area contributed by atoms with Crippen LogP contribution in [0, 0.1) is 11.3 Å². The monoisotopic (exact) mass is 287 g/mol. The molecule has 0 fully saturated rings. The first-order valence-corrected chi connectivity index (χ1v) is 6.12. The molecule has 0 bridgehead atoms. The van der Waals surface area contributed by atoms with Crippen LogP contribution in [0.15, 0.2) is 42.5 Å². The fourth-order valence-corrected chi connectivity index (χ4v) is 1.82. The molecule has 2 aromatic rings. The van der Waals surface area contributed by atoms with Gasteiger partial charge in [-0.1, -0.05) is 17.7 Å². The lowest BCUT2D eigenvalue weighted by Crippen LogP contribution is -1.98. The molecule has 0 aliphatic carbocycles. The lowest BCUT2D eigenvalue weighted by Gasteiger charge is -2.08. The van der Waals surface area contributed by atoms with E-state index in [0.29, 0.717) is 16.3 Å². The van der Waals surface area contributed by atoms with Gasteiger partial charge in [0.15, 0.2) is 0 Å². The van der Waals surface area contributed by atoms with E-state index < -0.39 is 5.97 Å². The fourth-order valence-electron chi connectivity index (χ4n) is 1.59. The van der Waals surface area contributed by atoms with Gasteiger partial charge in [0.05, 0.1) is 17.2 Å². The predicted molar refractivity (Wildman–Crippen MR) is 73.9 cm³/mol. The van der Waals surface area contributed by atoms with Gasteiger partial charge in [-0.25, -0.2) is 4.79 Å². The average Bonchev–Trinajstić information content (AvgIpc) is 2.46. The molecule has 0 amide bonds. The van der Waals surface area contributed by atoms with E-state index in [1.54, 1.807) is 30.3 Å². The third kappa shape index (κ3) is 3.28. The topological polar surface area (TPSA) is 70.3 Å². The number of hydrogen-bond donors (Lipinski definition) is 1. The van der Waals surface area contributed by atoms with Crippen LogP contribution < -0.4 is 4.74 Å². The van der Waals surface area contributed by atoms with E-state index in [1.165, 1.54) is 12.1 Å². The van der Waals surface area contributed by atoms with Crippen LogP contribution in [0.25, 0.3) is 0 Å². The Kier molecular flexibility index (Phi) is 4.24. The maximum Gasteiger partial charge on any atom is 0.335 e. The predicted octanol–water partition coefficient (Wildman–Crippen LogP) is 3.49. The standard InChI is InChI=1S/C15H10ClNO3/c16-14-7-10(8-17)1-2-12(14)9-20-13-5-3-11(4-6-13)15(18)19/h1-7H,9H2,(H,18,19). The van der Waals surface area contributed by atoms with E-state index in [9.17, 15) is 4.79 Å². The van der Waals surface area contributed by atoms with Crippen LogP contribution >= 0.6 is 11.6 Å². The summed E-state index contributed by atoms with van der Waals surface area (Å²) in [5.41, 5.74) is 1.45. The van der Waals surface area contributed by atoms with Crippen LogP contribution in [0.3, 0.4) is 0 Å². The van der Waals surface area contributed by atoms with Gasteiger partial charge >= 0.3 is 5.97 Å². The Bertz CT molecular complexity index is 675. The minimum atomic E-state index is -0.980. The molecule has 4 nitrogen and oxygen atoms in total. The first-order chi connectivity index (χ1) is 9.60. The van der Waals surface area contributed by atoms with Crippen molar-refractivity contribution in [2.24, 2.45) is 0 Å². The van der Waals surface area contributed by atoms with Gasteiger partial charge in [0, 0.05) is 10.6 Å². The minimum absolute atomic E-state index is 0.203. The SMILES string of the molecule is N#Cc1ccc(COc2ccc(C(=O)O)cc2)c(Cl)c1. The Morgan fingerprint density at radius 3 is 2.50 bits per heavy atom. The number of carboxylic acids is 1. The second kappa shape index (κ2) is 6.09. The van der Waals surface area contributed by atoms with E-state index in [2.05, 4.69) is 0 Å². The molecule has 0 radical (unpaired) electrons. The molecule has 0 heterocycles. The number of rotatable bonds is 4. The number of ether oxygens (including phenoxy) is 1. The first-order valence-electron chi connectivity index (χ1n) is 5.75. The van der Waals surface area contributed by atoms with Crippen molar-refractivity contribution in [3.8, 4) is 11.8 Å². The summed E-state index contributed by atoms with van der Waals surface area (Å²) >= 11 is 6.03. The first kappa shape index (κ1) is 13.9. The molecule has 0 aromatic heterocycles. The number of carbonyl (C=O) groups is 1. The van der Waals surface area contributed by atoms with E-state index in [1.807, 2.05) is 6.07 Å². The normalized spacial score (nSPS) is 9.80. The molecule has 20 heavy (non-hydrogen) atoms. The zero-order valence-corrected chi connectivity index (χ0v) is 11.1. The Morgan fingerprint density at radius 1 is 1.25 bits per heavy atom. The third-order valence-electron chi connectivity index (χ3n) is 2.68. The van der Waals surface area contributed by atoms with Gasteiger partial charge in [0.2, 0.25) is 0 Å². The zero-order chi connectivity index (χ0) is 14.5. The maximum atomic E-state index is 10.7. The lowest BCUT2D eigenvalue weighted by atomic mass is 10.1. The molecule has 2 rings (SSSR count). The molecule has 5 heteroatoms. The van der Waals surface area contributed by atoms with Crippen LogP contribution in [0.5, 0.6) is 5.75 Å². The third-order valence-corrected chi connectivity index (χ3v) is 3.03. The Labute approximate surface area is 120 Å². The molecule has 100 valence electrons. The summed E-state index contributed by atoms with van der Waals surface area (Å²) < 4.78 is 5.52. The number of hydrogen-bond acceptors (Lipinski definition) is 3. The van der Waals surface area contributed by atoms with E-state index in [0.717, 1.165) is 5.56 Å². The molecule has 0 atom stereocenters. The number of carboxylic acid groups (broad SMARTS) is 1. The van der Waals surface area contributed by atoms with Crippen molar-refractivity contribution < 1.29 is 14.6 Å². The molecule has 0 unspecified atom stereocenters. The van der Waals surface area contributed by atoms with Gasteiger partial charge in [-0.3, -0.25) is 0 Å². The van der Waals surface area contributed by atoms with E-state index in [-0.39, 0.29) is 12.2 Å². The highest BCUT2D eigenvalue weighted by atomic mass is 35.5. The minimum Gasteiger partial charge on any atom is -0.489 e. The Balaban J connectivity index is 2.05. The van der Waals surface area contributed by atoms with Crippen LogP contribution in [-0.2, 0) is 6.61 Å². The second-order valence-corrected chi connectivity index (χ2v) is 4.44. The van der Waals surface area contributed by atoms with Crippen molar-refractivity contribution in [3.63, 3.8) is 0 Å². The highest BCUT2D eigenvalue weighted by Gasteiger charge is 2.05. The maximum absolute atomic E-state index is 10.7. The van der Waals surface area contributed by atoms with Crippen molar-refractivity contribution in [2.75, 3.05) is 0 Å². The van der Waals surface area contributed by atoms with Crippen molar-refractivity contribution in [3.05, 3.63) is 64.2 Å². The van der Waals surface area contributed by atoms with Crippen LogP contribution in [0.2, 0.25) is 5.02 Å². The van der Waals surface area contributed by atoms with Gasteiger partial charge in [-0.2, -0.15) is 5.26 Å². The Hall–Kier alpha value is -2.51.